The fourth-order valence-electron chi connectivity index (χ4n) is 2.09. The molecule has 0 bridgehead atoms. The molecule has 0 atom stereocenters. The second kappa shape index (κ2) is 7.26. The van der Waals surface area contributed by atoms with Crippen molar-refractivity contribution in [1.29, 1.82) is 0 Å². The maximum Gasteiger partial charge on any atom is 0.226 e. The fourth-order valence-corrected chi connectivity index (χ4v) is 2.09. The van der Waals surface area contributed by atoms with E-state index in [-0.39, 0.29) is 11.4 Å². The van der Waals surface area contributed by atoms with Gasteiger partial charge in [0.15, 0.2) is 0 Å². The molecule has 0 saturated heterocycles. The van der Waals surface area contributed by atoms with Crippen molar-refractivity contribution in [2.75, 3.05) is 7.11 Å². The molecular formula is C17H23N3O3. The first-order chi connectivity index (χ1) is 10.9. The Balaban J connectivity index is 1.86. The minimum Gasteiger partial charge on any atom is -0.497 e. The Kier molecular flexibility index (Phi) is 5.36. The monoisotopic (exact) mass is 317 g/mol. The molecule has 1 aromatic carbocycles. The van der Waals surface area contributed by atoms with E-state index >= 15 is 0 Å². The molecule has 2 aromatic rings. The molecule has 1 aromatic heterocycles. The van der Waals surface area contributed by atoms with Gasteiger partial charge in [0.1, 0.15) is 5.75 Å². The van der Waals surface area contributed by atoms with Gasteiger partial charge in [0.25, 0.3) is 0 Å². The van der Waals surface area contributed by atoms with E-state index in [4.69, 9.17) is 9.26 Å². The quantitative estimate of drug-likeness (QED) is 0.886. The van der Waals surface area contributed by atoms with Crippen molar-refractivity contribution in [2.24, 2.45) is 0 Å². The second-order valence-corrected chi connectivity index (χ2v) is 6.39. The number of hydrogen-bond donors (Lipinski definition) is 1. The van der Waals surface area contributed by atoms with Crippen LogP contribution in [0.4, 0.5) is 0 Å². The minimum absolute atomic E-state index is 0.0346. The average molecular weight is 317 g/mol. The highest BCUT2D eigenvalue weighted by Crippen LogP contribution is 2.20. The fraction of sp³-hybridized carbons (Fsp3) is 0.471. The molecule has 1 amide bonds. The van der Waals surface area contributed by atoms with Crippen molar-refractivity contribution >= 4 is 5.91 Å². The number of aryl methyl sites for hydroxylation is 1. The van der Waals surface area contributed by atoms with Crippen LogP contribution < -0.4 is 10.1 Å². The van der Waals surface area contributed by atoms with Crippen LogP contribution in [0.2, 0.25) is 0 Å². The van der Waals surface area contributed by atoms with E-state index in [1.165, 1.54) is 0 Å². The van der Waals surface area contributed by atoms with Crippen molar-refractivity contribution in [3.8, 4) is 17.1 Å². The van der Waals surface area contributed by atoms with E-state index in [9.17, 15) is 4.79 Å². The van der Waals surface area contributed by atoms with Crippen LogP contribution in [0, 0.1) is 0 Å². The molecule has 0 unspecified atom stereocenters. The first-order valence-corrected chi connectivity index (χ1v) is 7.65. The van der Waals surface area contributed by atoms with Gasteiger partial charge in [0, 0.05) is 23.9 Å². The van der Waals surface area contributed by atoms with Gasteiger partial charge in [-0.3, -0.25) is 4.79 Å². The molecule has 0 spiro atoms. The number of amides is 1. The van der Waals surface area contributed by atoms with E-state index < -0.39 is 0 Å². The van der Waals surface area contributed by atoms with Gasteiger partial charge in [-0.2, -0.15) is 4.98 Å². The lowest BCUT2D eigenvalue weighted by Crippen LogP contribution is -2.40. The van der Waals surface area contributed by atoms with E-state index in [2.05, 4.69) is 15.5 Å². The van der Waals surface area contributed by atoms with Gasteiger partial charge in [-0.15, -0.1) is 0 Å². The molecule has 0 fully saturated rings. The molecule has 6 heteroatoms. The van der Waals surface area contributed by atoms with Crippen molar-refractivity contribution in [2.45, 2.75) is 45.6 Å². The lowest BCUT2D eigenvalue weighted by Gasteiger charge is -2.20. The summed E-state index contributed by atoms with van der Waals surface area (Å²) >= 11 is 0. The molecule has 0 aliphatic heterocycles. The molecule has 0 aliphatic carbocycles. The lowest BCUT2D eigenvalue weighted by molar-refractivity contribution is -0.122. The van der Waals surface area contributed by atoms with Crippen molar-refractivity contribution in [3.63, 3.8) is 0 Å². The molecule has 124 valence electrons. The molecule has 23 heavy (non-hydrogen) atoms. The van der Waals surface area contributed by atoms with Crippen LogP contribution in [-0.4, -0.2) is 28.7 Å². The minimum atomic E-state index is -0.205. The zero-order valence-electron chi connectivity index (χ0n) is 14.0. The number of benzene rings is 1. The highest BCUT2D eigenvalue weighted by atomic mass is 16.5. The van der Waals surface area contributed by atoms with Crippen LogP contribution in [0.5, 0.6) is 5.75 Å². The number of nitrogens with one attached hydrogen (secondary N) is 1. The molecule has 6 nitrogen and oxygen atoms in total. The average Bonchev–Trinajstić information content (AvgIpc) is 2.94. The predicted octanol–water partition coefficient (Wildman–Crippen LogP) is 2.98. The van der Waals surface area contributed by atoms with Gasteiger partial charge in [-0.05, 0) is 51.5 Å². The number of carbonyl (C=O) groups excluding carboxylic acids is 1. The topological polar surface area (TPSA) is 77.2 Å². The number of methoxy groups -OCH3 is 1. The number of rotatable bonds is 6. The van der Waals surface area contributed by atoms with Crippen LogP contribution in [0.15, 0.2) is 28.8 Å². The highest BCUT2D eigenvalue weighted by Gasteiger charge is 2.14. The summed E-state index contributed by atoms with van der Waals surface area (Å²) in [6.45, 7) is 5.89. The second-order valence-electron chi connectivity index (χ2n) is 6.39. The van der Waals surface area contributed by atoms with Crippen molar-refractivity contribution in [1.82, 2.24) is 15.5 Å². The summed E-state index contributed by atoms with van der Waals surface area (Å²) in [5.74, 6) is 1.90. The molecule has 0 radical (unpaired) electrons. The van der Waals surface area contributed by atoms with Crippen LogP contribution in [0.1, 0.15) is 39.5 Å². The molecular weight excluding hydrogens is 294 g/mol. The summed E-state index contributed by atoms with van der Waals surface area (Å²) in [7, 11) is 1.62. The summed E-state index contributed by atoms with van der Waals surface area (Å²) in [6, 6.07) is 7.46. The Morgan fingerprint density at radius 2 is 1.96 bits per heavy atom. The first-order valence-electron chi connectivity index (χ1n) is 7.65. The first kappa shape index (κ1) is 17.0. The SMILES string of the molecule is COc1ccc(-c2noc(CCCC(=O)NC(C)(C)C)n2)cc1. The van der Waals surface area contributed by atoms with Gasteiger partial charge >= 0.3 is 0 Å². The summed E-state index contributed by atoms with van der Waals surface area (Å²) in [4.78, 5) is 16.1. The third-order valence-corrected chi connectivity index (χ3v) is 3.13. The third-order valence-electron chi connectivity index (χ3n) is 3.13. The van der Waals surface area contributed by atoms with Crippen LogP contribution in [0.3, 0.4) is 0 Å². The van der Waals surface area contributed by atoms with Crippen LogP contribution >= 0.6 is 0 Å². The van der Waals surface area contributed by atoms with Gasteiger partial charge in [0.05, 0.1) is 7.11 Å². The highest BCUT2D eigenvalue weighted by molar-refractivity contribution is 5.76. The number of aromatic nitrogens is 2. The Bertz CT molecular complexity index is 642. The molecule has 2 rings (SSSR count). The maximum atomic E-state index is 11.7. The number of hydrogen-bond acceptors (Lipinski definition) is 5. The molecule has 0 saturated carbocycles. The van der Waals surface area contributed by atoms with Crippen molar-refractivity contribution < 1.29 is 14.1 Å². The number of ether oxygens (including phenoxy) is 1. The van der Waals surface area contributed by atoms with Gasteiger partial charge in [-0.25, -0.2) is 0 Å². The molecule has 1 N–H and O–H groups in total. The van der Waals surface area contributed by atoms with Gasteiger partial charge < -0.3 is 14.6 Å². The Labute approximate surface area is 136 Å². The Hall–Kier alpha value is -2.37. The van der Waals surface area contributed by atoms with Crippen molar-refractivity contribution in [3.05, 3.63) is 30.2 Å². The van der Waals surface area contributed by atoms with Gasteiger partial charge in [0.2, 0.25) is 17.6 Å². The van der Waals surface area contributed by atoms with E-state index in [1.54, 1.807) is 7.11 Å². The Morgan fingerprint density at radius 3 is 2.57 bits per heavy atom. The van der Waals surface area contributed by atoms with E-state index in [0.717, 1.165) is 11.3 Å². The van der Waals surface area contributed by atoms with Crippen LogP contribution in [0.25, 0.3) is 11.4 Å². The largest absolute Gasteiger partial charge is 0.497 e. The van der Waals surface area contributed by atoms with Gasteiger partial charge in [-0.1, -0.05) is 5.16 Å². The molecule has 0 aliphatic rings. The molecule has 1 heterocycles. The maximum absolute atomic E-state index is 11.7. The standard InChI is InChI=1S/C17H23N3O3/c1-17(2,3)19-14(21)6-5-7-15-18-16(20-23-15)12-8-10-13(22-4)11-9-12/h8-11H,5-7H2,1-4H3,(H,19,21). The van der Waals surface area contributed by atoms with E-state index in [1.807, 2.05) is 45.0 Å². The number of nitrogens with zero attached hydrogens (tertiary/aromatic N) is 2. The summed E-state index contributed by atoms with van der Waals surface area (Å²) in [5, 5.41) is 6.90. The zero-order valence-corrected chi connectivity index (χ0v) is 14.0. The lowest BCUT2D eigenvalue weighted by atomic mass is 10.1. The zero-order chi connectivity index (χ0) is 16.9. The van der Waals surface area contributed by atoms with E-state index in [0.29, 0.717) is 31.0 Å². The summed E-state index contributed by atoms with van der Waals surface area (Å²) in [6.07, 6.45) is 1.70. The summed E-state index contributed by atoms with van der Waals surface area (Å²) < 4.78 is 10.4. The predicted molar refractivity (Wildman–Crippen MR) is 87.1 cm³/mol. The number of carbonyl (C=O) groups is 1. The summed E-state index contributed by atoms with van der Waals surface area (Å²) in [5.41, 5.74) is 0.662. The smallest absolute Gasteiger partial charge is 0.226 e. The Morgan fingerprint density at radius 1 is 1.26 bits per heavy atom. The van der Waals surface area contributed by atoms with Crippen LogP contribution in [-0.2, 0) is 11.2 Å². The normalized spacial score (nSPS) is 11.3. The third kappa shape index (κ3) is 5.39.